The van der Waals surface area contributed by atoms with Crippen LogP contribution in [0.5, 0.6) is 0 Å². The summed E-state index contributed by atoms with van der Waals surface area (Å²) in [5.41, 5.74) is 1.14. The topological polar surface area (TPSA) is 43.0 Å². The Balaban J connectivity index is 2.31. The fourth-order valence-corrected chi connectivity index (χ4v) is 2.03. The largest absolute Gasteiger partial charge is 0.464 e. The van der Waals surface area contributed by atoms with Crippen LogP contribution < -0.4 is 5.32 Å². The van der Waals surface area contributed by atoms with Crippen molar-refractivity contribution < 1.29 is 4.42 Å². The van der Waals surface area contributed by atoms with Crippen LogP contribution >= 0.6 is 0 Å². The summed E-state index contributed by atoms with van der Waals surface area (Å²) in [6.07, 6.45) is 2.91. The lowest BCUT2D eigenvalue weighted by Gasteiger charge is -2.15. The van der Waals surface area contributed by atoms with Crippen LogP contribution in [0.2, 0.25) is 0 Å². The highest BCUT2D eigenvalue weighted by Crippen LogP contribution is 2.23. The van der Waals surface area contributed by atoms with Gasteiger partial charge < -0.3 is 9.73 Å². The van der Waals surface area contributed by atoms with Crippen LogP contribution in [0.3, 0.4) is 0 Å². The zero-order valence-corrected chi connectivity index (χ0v) is 10.6. The summed E-state index contributed by atoms with van der Waals surface area (Å²) in [5.74, 6) is 1.87. The van der Waals surface area contributed by atoms with E-state index in [0.29, 0.717) is 0 Å². The van der Waals surface area contributed by atoms with Crippen LogP contribution in [0, 0.1) is 6.92 Å². The summed E-state index contributed by atoms with van der Waals surface area (Å²) in [5, 5.41) is 7.62. The fourth-order valence-electron chi connectivity index (χ4n) is 2.03. The van der Waals surface area contributed by atoms with Crippen molar-refractivity contribution >= 4 is 0 Å². The van der Waals surface area contributed by atoms with Crippen LogP contribution in [0.1, 0.15) is 36.6 Å². The number of aromatic nitrogens is 2. The molecule has 2 aromatic rings. The third-order valence-electron chi connectivity index (χ3n) is 2.81. The smallest absolute Gasteiger partial charge is 0.127 e. The first-order valence-electron chi connectivity index (χ1n) is 6.01. The van der Waals surface area contributed by atoms with Crippen molar-refractivity contribution in [1.82, 2.24) is 15.1 Å². The minimum atomic E-state index is 0.0674. The summed E-state index contributed by atoms with van der Waals surface area (Å²) in [7, 11) is 1.94. The van der Waals surface area contributed by atoms with Crippen LogP contribution in [-0.4, -0.2) is 16.8 Å². The summed E-state index contributed by atoms with van der Waals surface area (Å²) in [4.78, 5) is 0. The molecule has 0 bridgehead atoms. The highest BCUT2D eigenvalue weighted by atomic mass is 16.3. The molecule has 2 aromatic heterocycles. The monoisotopic (exact) mass is 233 g/mol. The summed E-state index contributed by atoms with van der Waals surface area (Å²) in [6.45, 7) is 5.04. The minimum absolute atomic E-state index is 0.0674. The summed E-state index contributed by atoms with van der Waals surface area (Å²) >= 11 is 0. The van der Waals surface area contributed by atoms with Crippen molar-refractivity contribution in [2.75, 3.05) is 7.05 Å². The van der Waals surface area contributed by atoms with Gasteiger partial charge >= 0.3 is 0 Å². The lowest BCUT2D eigenvalue weighted by Crippen LogP contribution is -2.21. The highest BCUT2D eigenvalue weighted by Gasteiger charge is 2.19. The van der Waals surface area contributed by atoms with Gasteiger partial charge in [0.05, 0.1) is 5.69 Å². The SMILES string of the molecule is CCCn1nccc1C(NC)c1ccc(C)o1. The second-order valence-electron chi connectivity index (χ2n) is 4.15. The molecule has 0 aliphatic rings. The molecule has 2 heterocycles. The first kappa shape index (κ1) is 11.9. The number of rotatable bonds is 5. The Morgan fingerprint density at radius 3 is 2.82 bits per heavy atom. The molecule has 2 rings (SSSR count). The maximum Gasteiger partial charge on any atom is 0.127 e. The lowest BCUT2D eigenvalue weighted by molar-refractivity contribution is 0.425. The van der Waals surface area contributed by atoms with Gasteiger partial charge in [0.25, 0.3) is 0 Å². The summed E-state index contributed by atoms with van der Waals surface area (Å²) < 4.78 is 7.72. The predicted molar refractivity (Wildman–Crippen MR) is 66.9 cm³/mol. The normalized spacial score (nSPS) is 12.9. The molecular weight excluding hydrogens is 214 g/mol. The van der Waals surface area contributed by atoms with E-state index in [1.165, 1.54) is 0 Å². The van der Waals surface area contributed by atoms with E-state index in [0.717, 1.165) is 30.2 Å². The third-order valence-corrected chi connectivity index (χ3v) is 2.81. The molecule has 1 atom stereocenters. The van der Waals surface area contributed by atoms with Crippen molar-refractivity contribution in [2.24, 2.45) is 0 Å². The molecule has 17 heavy (non-hydrogen) atoms. The first-order valence-corrected chi connectivity index (χ1v) is 6.01. The lowest BCUT2D eigenvalue weighted by atomic mass is 10.1. The van der Waals surface area contributed by atoms with Crippen LogP contribution in [0.4, 0.5) is 0 Å². The van der Waals surface area contributed by atoms with Crippen molar-refractivity contribution in [2.45, 2.75) is 32.9 Å². The minimum Gasteiger partial charge on any atom is -0.464 e. The van der Waals surface area contributed by atoms with Crippen molar-refractivity contribution in [1.29, 1.82) is 0 Å². The molecule has 92 valence electrons. The van der Waals surface area contributed by atoms with E-state index < -0.39 is 0 Å². The summed E-state index contributed by atoms with van der Waals surface area (Å²) in [6, 6.07) is 6.10. The Morgan fingerprint density at radius 2 is 2.24 bits per heavy atom. The number of hydrogen-bond acceptors (Lipinski definition) is 3. The Bertz CT molecular complexity index is 472. The molecule has 4 heteroatoms. The molecule has 0 amide bonds. The van der Waals surface area contributed by atoms with Gasteiger partial charge in [0.15, 0.2) is 0 Å². The first-order chi connectivity index (χ1) is 8.26. The van der Waals surface area contributed by atoms with E-state index in [-0.39, 0.29) is 6.04 Å². The molecule has 1 N–H and O–H groups in total. The predicted octanol–water partition coefficient (Wildman–Crippen LogP) is 2.50. The molecule has 0 saturated carbocycles. The van der Waals surface area contributed by atoms with Crippen LogP contribution in [0.15, 0.2) is 28.8 Å². The second-order valence-corrected chi connectivity index (χ2v) is 4.15. The Labute approximate surface area is 102 Å². The van der Waals surface area contributed by atoms with Crippen LogP contribution in [0.25, 0.3) is 0 Å². The molecule has 0 aliphatic carbocycles. The number of hydrogen-bond donors (Lipinski definition) is 1. The molecule has 1 unspecified atom stereocenters. The maximum atomic E-state index is 5.69. The maximum absolute atomic E-state index is 5.69. The van der Waals surface area contributed by atoms with Gasteiger partial charge in [0.2, 0.25) is 0 Å². The number of nitrogens with one attached hydrogen (secondary N) is 1. The molecule has 0 aromatic carbocycles. The zero-order valence-electron chi connectivity index (χ0n) is 10.6. The number of nitrogens with zero attached hydrogens (tertiary/aromatic N) is 2. The number of furan rings is 1. The van der Waals surface area contributed by atoms with Crippen molar-refractivity contribution in [3.63, 3.8) is 0 Å². The van der Waals surface area contributed by atoms with Gasteiger partial charge in [-0.15, -0.1) is 0 Å². The second kappa shape index (κ2) is 5.19. The van der Waals surface area contributed by atoms with Gasteiger partial charge in [0, 0.05) is 12.7 Å². The Hall–Kier alpha value is -1.55. The molecule has 0 radical (unpaired) electrons. The molecule has 4 nitrogen and oxygen atoms in total. The molecular formula is C13H19N3O. The van der Waals surface area contributed by atoms with E-state index in [4.69, 9.17) is 4.42 Å². The van der Waals surface area contributed by atoms with Gasteiger partial charge in [-0.1, -0.05) is 6.92 Å². The molecule has 0 fully saturated rings. The van der Waals surface area contributed by atoms with E-state index in [9.17, 15) is 0 Å². The van der Waals surface area contributed by atoms with E-state index in [1.807, 2.05) is 43.0 Å². The van der Waals surface area contributed by atoms with Crippen LogP contribution in [-0.2, 0) is 6.54 Å². The third kappa shape index (κ3) is 2.42. The average molecular weight is 233 g/mol. The van der Waals surface area contributed by atoms with E-state index >= 15 is 0 Å². The molecule has 0 saturated heterocycles. The van der Waals surface area contributed by atoms with E-state index in [2.05, 4.69) is 17.3 Å². The van der Waals surface area contributed by atoms with Gasteiger partial charge in [-0.3, -0.25) is 4.68 Å². The standard InChI is InChI=1S/C13H19N3O/c1-4-9-16-11(7-8-15-16)13(14-3)12-6-5-10(2)17-12/h5-8,13-14H,4,9H2,1-3H3. The van der Waals surface area contributed by atoms with Crippen molar-refractivity contribution in [3.8, 4) is 0 Å². The van der Waals surface area contributed by atoms with Gasteiger partial charge in [-0.05, 0) is 38.6 Å². The van der Waals surface area contributed by atoms with E-state index in [1.54, 1.807) is 0 Å². The van der Waals surface area contributed by atoms with Gasteiger partial charge in [-0.25, -0.2) is 0 Å². The quantitative estimate of drug-likeness (QED) is 0.862. The van der Waals surface area contributed by atoms with Gasteiger partial charge in [0.1, 0.15) is 17.6 Å². The van der Waals surface area contributed by atoms with Crippen molar-refractivity contribution in [3.05, 3.63) is 41.6 Å². The number of aryl methyl sites for hydroxylation is 2. The molecule has 0 aliphatic heterocycles. The zero-order chi connectivity index (χ0) is 12.3. The fraction of sp³-hybridized carbons (Fsp3) is 0.462. The molecule has 0 spiro atoms. The Kier molecular flexibility index (Phi) is 3.64. The Morgan fingerprint density at radius 1 is 1.41 bits per heavy atom. The van der Waals surface area contributed by atoms with Gasteiger partial charge in [-0.2, -0.15) is 5.10 Å². The average Bonchev–Trinajstić information content (AvgIpc) is 2.91. The highest BCUT2D eigenvalue weighted by molar-refractivity contribution is 5.21.